The Morgan fingerprint density at radius 3 is 2.71 bits per heavy atom. The van der Waals surface area contributed by atoms with Crippen molar-refractivity contribution in [1.82, 2.24) is 15.1 Å². The van der Waals surface area contributed by atoms with E-state index in [4.69, 9.17) is 9.26 Å². The Kier molecular flexibility index (Phi) is 3.92. The van der Waals surface area contributed by atoms with Crippen molar-refractivity contribution in [3.05, 3.63) is 35.7 Å². The molecule has 24 heavy (non-hydrogen) atoms. The van der Waals surface area contributed by atoms with E-state index in [2.05, 4.69) is 28.1 Å². The average Bonchev–Trinajstić information content (AvgIpc) is 3.11. The number of aromatic nitrogens is 3. The van der Waals surface area contributed by atoms with E-state index in [0.717, 1.165) is 35.2 Å². The smallest absolute Gasteiger partial charge is 0.230 e. The van der Waals surface area contributed by atoms with Crippen LogP contribution in [0.4, 0.5) is 0 Å². The highest BCUT2D eigenvalue weighted by atomic mass is 16.5. The molecular formula is C19H21N3O2. The van der Waals surface area contributed by atoms with Crippen molar-refractivity contribution in [1.29, 1.82) is 0 Å². The molecule has 1 saturated carbocycles. The Labute approximate surface area is 141 Å². The number of hydrogen-bond donors (Lipinski definition) is 0. The van der Waals surface area contributed by atoms with E-state index in [1.165, 1.54) is 24.8 Å². The highest BCUT2D eigenvalue weighted by Gasteiger charge is 2.23. The summed E-state index contributed by atoms with van der Waals surface area (Å²) < 4.78 is 11.0. The van der Waals surface area contributed by atoms with Gasteiger partial charge >= 0.3 is 0 Å². The topological polar surface area (TPSA) is 61.0 Å². The number of aryl methyl sites for hydroxylation is 1. The van der Waals surface area contributed by atoms with Gasteiger partial charge in [-0.1, -0.05) is 36.0 Å². The Hall–Kier alpha value is -2.43. The van der Waals surface area contributed by atoms with E-state index in [9.17, 15) is 0 Å². The van der Waals surface area contributed by atoms with E-state index >= 15 is 0 Å². The number of nitrogens with zero attached hydrogens (tertiary/aromatic N) is 3. The molecule has 4 rings (SSSR count). The number of rotatable bonds is 3. The van der Waals surface area contributed by atoms with Gasteiger partial charge in [-0.3, -0.25) is 0 Å². The van der Waals surface area contributed by atoms with E-state index in [1.807, 2.05) is 18.2 Å². The van der Waals surface area contributed by atoms with Crippen molar-refractivity contribution in [2.24, 2.45) is 0 Å². The molecule has 0 unspecified atom stereocenters. The molecule has 0 radical (unpaired) electrons. The highest BCUT2D eigenvalue weighted by Crippen LogP contribution is 2.34. The molecule has 2 heterocycles. The first-order valence-corrected chi connectivity index (χ1v) is 8.54. The van der Waals surface area contributed by atoms with Gasteiger partial charge in [0.15, 0.2) is 0 Å². The first-order chi connectivity index (χ1) is 11.7. The number of ether oxygens (including phenoxy) is 1. The molecule has 5 nitrogen and oxygen atoms in total. The zero-order valence-corrected chi connectivity index (χ0v) is 14.1. The summed E-state index contributed by atoms with van der Waals surface area (Å²) >= 11 is 0. The van der Waals surface area contributed by atoms with Gasteiger partial charge in [0, 0.05) is 11.3 Å². The fourth-order valence-electron chi connectivity index (χ4n) is 3.45. The van der Waals surface area contributed by atoms with Crippen LogP contribution >= 0.6 is 0 Å². The standard InChI is InChI=1S/C19H21N3O2/c1-12-8-9-16-14(10-12)11-15(19(20-16)23-2)17-21-18(24-22-17)13-6-4-3-5-7-13/h8-11,13H,3-7H2,1-2H3. The molecule has 1 aliphatic rings. The summed E-state index contributed by atoms with van der Waals surface area (Å²) in [6, 6.07) is 8.18. The zero-order valence-electron chi connectivity index (χ0n) is 14.1. The molecule has 0 atom stereocenters. The lowest BCUT2D eigenvalue weighted by Crippen LogP contribution is -2.04. The number of fused-ring (bicyclic) bond motifs is 1. The fraction of sp³-hybridized carbons (Fsp3) is 0.421. The van der Waals surface area contributed by atoms with E-state index in [-0.39, 0.29) is 0 Å². The molecule has 1 aliphatic carbocycles. The van der Waals surface area contributed by atoms with Gasteiger partial charge < -0.3 is 9.26 Å². The van der Waals surface area contributed by atoms with Gasteiger partial charge in [0.1, 0.15) is 0 Å². The molecule has 0 bridgehead atoms. The minimum atomic E-state index is 0.390. The van der Waals surface area contributed by atoms with Crippen molar-refractivity contribution >= 4 is 10.9 Å². The Morgan fingerprint density at radius 1 is 1.08 bits per heavy atom. The van der Waals surface area contributed by atoms with Gasteiger partial charge in [-0.2, -0.15) is 4.98 Å². The monoisotopic (exact) mass is 323 g/mol. The lowest BCUT2D eigenvalue weighted by Gasteiger charge is -2.17. The minimum absolute atomic E-state index is 0.390. The molecule has 0 saturated heterocycles. The predicted octanol–water partition coefficient (Wildman–Crippen LogP) is 4.65. The zero-order chi connectivity index (χ0) is 16.5. The molecule has 3 aromatic rings. The second-order valence-corrected chi connectivity index (χ2v) is 6.53. The molecule has 1 aromatic carbocycles. The molecule has 0 N–H and O–H groups in total. The largest absolute Gasteiger partial charge is 0.480 e. The summed E-state index contributed by atoms with van der Waals surface area (Å²) in [6.45, 7) is 2.07. The lowest BCUT2D eigenvalue weighted by molar-refractivity contribution is 0.314. The second kappa shape index (κ2) is 6.23. The molecule has 2 aromatic heterocycles. The quantitative estimate of drug-likeness (QED) is 0.702. The fourth-order valence-corrected chi connectivity index (χ4v) is 3.45. The summed E-state index contributed by atoms with van der Waals surface area (Å²) in [4.78, 5) is 9.23. The van der Waals surface area contributed by atoms with Crippen LogP contribution in [-0.2, 0) is 0 Å². The van der Waals surface area contributed by atoms with Crippen LogP contribution in [0.1, 0.15) is 49.5 Å². The lowest BCUT2D eigenvalue weighted by atomic mass is 9.89. The van der Waals surface area contributed by atoms with E-state index < -0.39 is 0 Å². The first-order valence-electron chi connectivity index (χ1n) is 8.54. The van der Waals surface area contributed by atoms with Gasteiger partial charge in [0.2, 0.25) is 17.6 Å². The SMILES string of the molecule is COc1nc2ccc(C)cc2cc1-c1noc(C2CCCCC2)n1. The number of pyridine rings is 1. The molecule has 0 aliphatic heterocycles. The van der Waals surface area contributed by atoms with E-state index in [0.29, 0.717) is 17.6 Å². The van der Waals surface area contributed by atoms with Gasteiger partial charge in [0.25, 0.3) is 0 Å². The first kappa shape index (κ1) is 15.1. The van der Waals surface area contributed by atoms with Gasteiger partial charge in [-0.15, -0.1) is 0 Å². The summed E-state index contributed by atoms with van der Waals surface area (Å²) in [7, 11) is 1.62. The molecule has 1 fully saturated rings. The molecule has 5 heteroatoms. The minimum Gasteiger partial charge on any atom is -0.480 e. The second-order valence-electron chi connectivity index (χ2n) is 6.53. The van der Waals surface area contributed by atoms with Crippen LogP contribution in [0.2, 0.25) is 0 Å². The number of hydrogen-bond acceptors (Lipinski definition) is 5. The molecular weight excluding hydrogens is 302 g/mol. The maximum atomic E-state index is 5.55. The predicted molar refractivity (Wildman–Crippen MR) is 92.2 cm³/mol. The Balaban J connectivity index is 1.76. The van der Waals surface area contributed by atoms with Crippen LogP contribution < -0.4 is 4.74 Å². The maximum absolute atomic E-state index is 5.55. The van der Waals surface area contributed by atoms with Crippen LogP contribution in [0.25, 0.3) is 22.3 Å². The summed E-state index contributed by atoms with van der Waals surface area (Å²) in [5.41, 5.74) is 2.87. The van der Waals surface area contributed by atoms with Gasteiger partial charge in [-0.05, 0) is 38.0 Å². The van der Waals surface area contributed by atoms with Gasteiger partial charge in [0.05, 0.1) is 18.2 Å². The van der Waals surface area contributed by atoms with Crippen LogP contribution in [0.5, 0.6) is 5.88 Å². The maximum Gasteiger partial charge on any atom is 0.230 e. The highest BCUT2D eigenvalue weighted by molar-refractivity contribution is 5.85. The van der Waals surface area contributed by atoms with Crippen molar-refractivity contribution in [3.63, 3.8) is 0 Å². The van der Waals surface area contributed by atoms with E-state index in [1.54, 1.807) is 7.11 Å². The number of benzene rings is 1. The molecule has 0 spiro atoms. The summed E-state index contributed by atoms with van der Waals surface area (Å²) in [5.74, 6) is 2.23. The number of methoxy groups -OCH3 is 1. The van der Waals surface area contributed by atoms with Crippen molar-refractivity contribution in [2.75, 3.05) is 7.11 Å². The third-order valence-corrected chi connectivity index (χ3v) is 4.77. The van der Waals surface area contributed by atoms with Crippen molar-refractivity contribution in [2.45, 2.75) is 44.9 Å². The average molecular weight is 323 g/mol. The van der Waals surface area contributed by atoms with Crippen LogP contribution in [0.3, 0.4) is 0 Å². The Bertz CT molecular complexity index is 866. The van der Waals surface area contributed by atoms with Crippen LogP contribution in [0, 0.1) is 6.92 Å². The van der Waals surface area contributed by atoms with Gasteiger partial charge in [-0.25, -0.2) is 4.98 Å². The normalized spacial score (nSPS) is 15.8. The van der Waals surface area contributed by atoms with Crippen LogP contribution in [0.15, 0.2) is 28.8 Å². The third-order valence-electron chi connectivity index (χ3n) is 4.77. The van der Waals surface area contributed by atoms with Crippen molar-refractivity contribution in [3.8, 4) is 17.3 Å². The summed E-state index contributed by atoms with van der Waals surface area (Å²) in [6.07, 6.45) is 6.05. The molecule has 0 amide bonds. The molecule has 124 valence electrons. The summed E-state index contributed by atoms with van der Waals surface area (Å²) in [5, 5.41) is 5.24. The third kappa shape index (κ3) is 2.75. The van der Waals surface area contributed by atoms with Crippen LogP contribution in [-0.4, -0.2) is 22.2 Å². The van der Waals surface area contributed by atoms with Crippen molar-refractivity contribution < 1.29 is 9.26 Å². The Morgan fingerprint density at radius 2 is 1.92 bits per heavy atom.